The first-order valence-electron chi connectivity index (χ1n) is 7.70. The molecular formula is C17H16Cl2N2OS. The van der Waals surface area contributed by atoms with Gasteiger partial charge in [0, 0.05) is 4.88 Å². The highest BCUT2D eigenvalue weighted by Gasteiger charge is 2.33. The van der Waals surface area contributed by atoms with Gasteiger partial charge in [0.2, 0.25) is 0 Å². The van der Waals surface area contributed by atoms with E-state index in [-0.39, 0.29) is 12.1 Å². The van der Waals surface area contributed by atoms with Crippen LogP contribution in [0.3, 0.4) is 0 Å². The fourth-order valence-corrected chi connectivity index (χ4v) is 5.06. The minimum Gasteiger partial charge on any atom is -0.353 e. The summed E-state index contributed by atoms with van der Waals surface area (Å²) in [6.45, 7) is 2.27. The van der Waals surface area contributed by atoms with Crippen LogP contribution in [0.1, 0.15) is 45.9 Å². The summed E-state index contributed by atoms with van der Waals surface area (Å²) in [4.78, 5) is 14.0. The summed E-state index contributed by atoms with van der Waals surface area (Å²) in [5.74, 6) is 0.693. The van der Waals surface area contributed by atoms with Crippen molar-refractivity contribution in [3.8, 4) is 0 Å². The third kappa shape index (κ3) is 2.63. The maximum absolute atomic E-state index is 12.6. The zero-order chi connectivity index (χ0) is 16.1. The molecule has 3 nitrogen and oxygen atoms in total. The molecule has 0 saturated carbocycles. The SMILES string of the molecule is C[C@@H]1CCc2c(sc3c2C(=O)N[C@@H](c2ccc(Cl)c(Cl)c2)N3)C1. The molecule has 1 aromatic carbocycles. The molecule has 120 valence electrons. The second-order valence-electron chi connectivity index (χ2n) is 6.28. The molecule has 1 aromatic heterocycles. The molecule has 6 heteroatoms. The number of benzene rings is 1. The minimum atomic E-state index is -0.276. The fourth-order valence-electron chi connectivity index (χ4n) is 3.32. The number of halogens is 2. The zero-order valence-corrected chi connectivity index (χ0v) is 14.9. The number of nitrogens with one attached hydrogen (secondary N) is 2. The Morgan fingerprint density at radius 1 is 1.22 bits per heavy atom. The van der Waals surface area contributed by atoms with Crippen molar-refractivity contribution in [3.05, 3.63) is 49.8 Å². The van der Waals surface area contributed by atoms with Gasteiger partial charge in [-0.25, -0.2) is 0 Å². The fraction of sp³-hybridized carbons (Fsp3) is 0.353. The standard InChI is InChI=1S/C17H16Cl2N2OS/c1-8-2-4-10-13(6-8)23-17-14(10)16(22)20-15(21-17)9-3-5-11(18)12(19)7-9/h3,5,7-8,15,21H,2,4,6H2,1H3,(H,20,22)/t8-,15-/m1/s1. The van der Waals surface area contributed by atoms with E-state index < -0.39 is 0 Å². The van der Waals surface area contributed by atoms with E-state index in [0.29, 0.717) is 16.0 Å². The van der Waals surface area contributed by atoms with Gasteiger partial charge in [-0.15, -0.1) is 11.3 Å². The highest BCUT2D eigenvalue weighted by Crippen LogP contribution is 2.42. The summed E-state index contributed by atoms with van der Waals surface area (Å²) in [5.41, 5.74) is 2.98. The number of hydrogen-bond acceptors (Lipinski definition) is 3. The number of carbonyl (C=O) groups is 1. The summed E-state index contributed by atoms with van der Waals surface area (Å²) >= 11 is 13.8. The van der Waals surface area contributed by atoms with Crippen molar-refractivity contribution in [3.63, 3.8) is 0 Å². The summed E-state index contributed by atoms with van der Waals surface area (Å²) in [6.07, 6.45) is 2.94. The van der Waals surface area contributed by atoms with Crippen molar-refractivity contribution in [2.24, 2.45) is 5.92 Å². The van der Waals surface area contributed by atoms with E-state index in [0.717, 1.165) is 35.4 Å². The monoisotopic (exact) mass is 366 g/mol. The number of hydrogen-bond donors (Lipinski definition) is 2. The Labute approximate surface area is 149 Å². The predicted octanol–water partition coefficient (Wildman–Crippen LogP) is 5.03. The Morgan fingerprint density at radius 2 is 2.04 bits per heavy atom. The van der Waals surface area contributed by atoms with E-state index in [2.05, 4.69) is 17.6 Å². The number of rotatable bonds is 1. The summed E-state index contributed by atoms with van der Waals surface area (Å²) in [5, 5.41) is 8.46. The molecule has 2 heterocycles. The topological polar surface area (TPSA) is 41.1 Å². The molecule has 0 fully saturated rings. The van der Waals surface area contributed by atoms with Gasteiger partial charge in [0.05, 0.1) is 15.6 Å². The molecule has 2 N–H and O–H groups in total. The molecule has 0 spiro atoms. The van der Waals surface area contributed by atoms with Gasteiger partial charge in [-0.05, 0) is 48.4 Å². The number of fused-ring (bicyclic) bond motifs is 3. The lowest BCUT2D eigenvalue weighted by molar-refractivity contribution is 0.0935. The van der Waals surface area contributed by atoms with Crippen molar-refractivity contribution < 1.29 is 4.79 Å². The van der Waals surface area contributed by atoms with Gasteiger partial charge in [0.15, 0.2) is 0 Å². The van der Waals surface area contributed by atoms with Gasteiger partial charge < -0.3 is 10.6 Å². The third-order valence-corrected chi connectivity index (χ3v) is 6.49. The van der Waals surface area contributed by atoms with Crippen molar-refractivity contribution in [2.75, 3.05) is 5.32 Å². The molecule has 1 aliphatic carbocycles. The van der Waals surface area contributed by atoms with Crippen LogP contribution in [0.5, 0.6) is 0 Å². The van der Waals surface area contributed by atoms with Gasteiger partial charge in [0.1, 0.15) is 11.2 Å². The average Bonchev–Trinajstić information content (AvgIpc) is 2.87. The Kier molecular flexibility index (Phi) is 3.79. The second kappa shape index (κ2) is 5.69. The minimum absolute atomic E-state index is 0.00174. The highest BCUT2D eigenvalue weighted by molar-refractivity contribution is 7.16. The van der Waals surface area contributed by atoms with E-state index in [1.54, 1.807) is 23.5 Å². The van der Waals surface area contributed by atoms with Gasteiger partial charge >= 0.3 is 0 Å². The Morgan fingerprint density at radius 3 is 2.83 bits per heavy atom. The predicted molar refractivity (Wildman–Crippen MR) is 95.8 cm³/mol. The molecule has 0 bridgehead atoms. The second-order valence-corrected chi connectivity index (χ2v) is 8.20. The molecule has 2 aliphatic rings. The maximum atomic E-state index is 12.6. The lowest BCUT2D eigenvalue weighted by Crippen LogP contribution is -2.38. The van der Waals surface area contributed by atoms with Crippen molar-refractivity contribution in [1.82, 2.24) is 5.32 Å². The molecular weight excluding hydrogens is 351 g/mol. The molecule has 2 atom stereocenters. The molecule has 23 heavy (non-hydrogen) atoms. The first kappa shape index (κ1) is 15.3. The van der Waals surface area contributed by atoms with Crippen LogP contribution in [0, 0.1) is 5.92 Å². The Balaban J connectivity index is 1.70. The number of carbonyl (C=O) groups excluding carboxylic acids is 1. The summed E-state index contributed by atoms with van der Waals surface area (Å²) < 4.78 is 0. The number of amides is 1. The molecule has 2 aromatic rings. The van der Waals surface area contributed by atoms with Crippen LogP contribution < -0.4 is 10.6 Å². The maximum Gasteiger partial charge on any atom is 0.256 e. The van der Waals surface area contributed by atoms with Crippen LogP contribution >= 0.6 is 34.5 Å². The van der Waals surface area contributed by atoms with Crippen molar-refractivity contribution in [2.45, 2.75) is 32.4 Å². The molecule has 1 amide bonds. The largest absolute Gasteiger partial charge is 0.353 e. The first-order chi connectivity index (χ1) is 11.0. The average molecular weight is 367 g/mol. The highest BCUT2D eigenvalue weighted by atomic mass is 35.5. The van der Waals surface area contributed by atoms with E-state index in [1.807, 2.05) is 6.07 Å². The van der Waals surface area contributed by atoms with Gasteiger partial charge in [-0.1, -0.05) is 36.2 Å². The van der Waals surface area contributed by atoms with Gasteiger partial charge in [-0.3, -0.25) is 4.79 Å². The number of thiophene rings is 1. The van der Waals surface area contributed by atoms with Gasteiger partial charge in [0.25, 0.3) is 5.91 Å². The van der Waals surface area contributed by atoms with Crippen LogP contribution in [-0.2, 0) is 12.8 Å². The summed E-state index contributed by atoms with van der Waals surface area (Å²) in [6, 6.07) is 5.43. The Hall–Kier alpha value is -1.23. The van der Waals surface area contributed by atoms with Crippen LogP contribution in [-0.4, -0.2) is 5.91 Å². The quantitative estimate of drug-likeness (QED) is 0.742. The van der Waals surface area contributed by atoms with E-state index >= 15 is 0 Å². The molecule has 0 radical (unpaired) electrons. The smallest absolute Gasteiger partial charge is 0.256 e. The van der Waals surface area contributed by atoms with Crippen molar-refractivity contribution in [1.29, 1.82) is 0 Å². The van der Waals surface area contributed by atoms with Crippen LogP contribution in [0.2, 0.25) is 10.0 Å². The van der Waals surface area contributed by atoms with E-state index in [4.69, 9.17) is 23.2 Å². The summed E-state index contributed by atoms with van der Waals surface area (Å²) in [7, 11) is 0. The third-order valence-electron chi connectivity index (χ3n) is 4.57. The molecule has 0 saturated heterocycles. The van der Waals surface area contributed by atoms with Gasteiger partial charge in [-0.2, -0.15) is 0 Å². The molecule has 0 unspecified atom stereocenters. The van der Waals surface area contributed by atoms with Crippen LogP contribution in [0.25, 0.3) is 0 Å². The normalized spacial score (nSPS) is 22.8. The Bertz CT molecular complexity index is 802. The van der Waals surface area contributed by atoms with Crippen LogP contribution in [0.15, 0.2) is 18.2 Å². The lowest BCUT2D eigenvalue weighted by Gasteiger charge is -2.27. The molecule has 4 rings (SSSR count). The first-order valence-corrected chi connectivity index (χ1v) is 9.27. The lowest BCUT2D eigenvalue weighted by atomic mass is 9.88. The zero-order valence-electron chi connectivity index (χ0n) is 12.6. The van der Waals surface area contributed by atoms with Crippen molar-refractivity contribution >= 4 is 45.4 Å². The molecule has 1 aliphatic heterocycles. The number of anilines is 1. The van der Waals surface area contributed by atoms with Crippen LogP contribution in [0.4, 0.5) is 5.00 Å². The van der Waals surface area contributed by atoms with E-state index in [9.17, 15) is 4.79 Å². The van der Waals surface area contributed by atoms with E-state index in [1.165, 1.54) is 10.4 Å².